The van der Waals surface area contributed by atoms with Gasteiger partial charge < -0.3 is 5.73 Å². The van der Waals surface area contributed by atoms with Crippen LogP contribution in [-0.4, -0.2) is 8.42 Å². The van der Waals surface area contributed by atoms with Gasteiger partial charge >= 0.3 is 0 Å². The molecule has 0 unspecified atom stereocenters. The predicted octanol–water partition coefficient (Wildman–Crippen LogP) is 3.00. The molecule has 0 saturated heterocycles. The van der Waals surface area contributed by atoms with Gasteiger partial charge in [-0.15, -0.1) is 0 Å². The molecule has 8 heteroatoms. The number of benzene rings is 2. The highest BCUT2D eigenvalue weighted by Gasteiger charge is 2.20. The summed E-state index contributed by atoms with van der Waals surface area (Å²) in [6.07, 6.45) is 0. The molecule has 4 nitrogen and oxygen atoms in total. The highest BCUT2D eigenvalue weighted by Crippen LogP contribution is 2.27. The second-order valence-corrected chi connectivity index (χ2v) is 5.92. The Labute approximate surface area is 119 Å². The van der Waals surface area contributed by atoms with E-state index in [0.29, 0.717) is 0 Å². The van der Waals surface area contributed by atoms with Gasteiger partial charge in [-0.2, -0.15) is 0 Å². The second-order valence-electron chi connectivity index (χ2n) is 3.86. The monoisotopic (exact) mass is 318 g/mol. The van der Waals surface area contributed by atoms with Crippen molar-refractivity contribution in [3.8, 4) is 0 Å². The molecule has 0 aliphatic carbocycles. The third-order valence-electron chi connectivity index (χ3n) is 2.50. The highest BCUT2D eigenvalue weighted by atomic mass is 35.5. The van der Waals surface area contributed by atoms with Crippen molar-refractivity contribution >= 4 is 33.0 Å². The number of sulfonamides is 1. The Balaban J connectivity index is 2.45. The van der Waals surface area contributed by atoms with Gasteiger partial charge in [-0.1, -0.05) is 23.7 Å². The topological polar surface area (TPSA) is 72.2 Å². The number of hydrogen-bond donors (Lipinski definition) is 2. The third kappa shape index (κ3) is 2.68. The van der Waals surface area contributed by atoms with Crippen LogP contribution in [-0.2, 0) is 10.0 Å². The summed E-state index contributed by atoms with van der Waals surface area (Å²) in [5, 5.41) is -0.0181. The summed E-state index contributed by atoms with van der Waals surface area (Å²) in [5.74, 6) is -2.15. The lowest BCUT2D eigenvalue weighted by Gasteiger charge is -2.11. The van der Waals surface area contributed by atoms with E-state index in [-0.39, 0.29) is 9.92 Å². The van der Waals surface area contributed by atoms with Gasteiger partial charge in [0.25, 0.3) is 10.0 Å². The van der Waals surface area contributed by atoms with Crippen LogP contribution >= 0.6 is 11.6 Å². The van der Waals surface area contributed by atoms with Crippen molar-refractivity contribution in [3.63, 3.8) is 0 Å². The van der Waals surface area contributed by atoms with Crippen LogP contribution in [0.25, 0.3) is 0 Å². The van der Waals surface area contributed by atoms with Gasteiger partial charge in [0.1, 0.15) is 16.4 Å². The zero-order valence-electron chi connectivity index (χ0n) is 9.90. The van der Waals surface area contributed by atoms with Crippen LogP contribution < -0.4 is 10.5 Å². The molecule has 0 fully saturated rings. The zero-order chi connectivity index (χ0) is 14.9. The number of nitrogen functional groups attached to an aromatic ring is 1. The first-order valence-electron chi connectivity index (χ1n) is 5.34. The second kappa shape index (κ2) is 5.26. The van der Waals surface area contributed by atoms with Crippen LogP contribution in [0.3, 0.4) is 0 Å². The Morgan fingerprint density at radius 1 is 1.10 bits per heavy atom. The maximum atomic E-state index is 13.7. The minimum Gasteiger partial charge on any atom is -0.394 e. The molecule has 2 aromatic carbocycles. The maximum Gasteiger partial charge on any atom is 0.263 e. The Morgan fingerprint density at radius 3 is 2.40 bits per heavy atom. The normalized spacial score (nSPS) is 11.3. The standard InChI is InChI=1S/C12H9ClF2N2O2S/c13-7-3-1-2-4-10(7)20(18,19)17-9-6-5-8(14)12(16)11(9)15/h1-6,17H,16H2. The van der Waals surface area contributed by atoms with Gasteiger partial charge in [-0.25, -0.2) is 17.2 Å². The maximum absolute atomic E-state index is 13.7. The van der Waals surface area contributed by atoms with Gasteiger partial charge in [-0.05, 0) is 24.3 Å². The van der Waals surface area contributed by atoms with E-state index in [1.807, 2.05) is 4.72 Å². The lowest BCUT2D eigenvalue weighted by atomic mass is 10.2. The Bertz CT molecular complexity index is 766. The molecule has 0 aromatic heterocycles. The average molecular weight is 319 g/mol. The fourth-order valence-electron chi connectivity index (χ4n) is 1.51. The van der Waals surface area contributed by atoms with Crippen molar-refractivity contribution in [2.24, 2.45) is 0 Å². The van der Waals surface area contributed by atoms with Crippen molar-refractivity contribution in [1.29, 1.82) is 0 Å². The molecule has 0 heterocycles. The van der Waals surface area contributed by atoms with E-state index in [4.69, 9.17) is 17.3 Å². The van der Waals surface area contributed by atoms with E-state index in [1.54, 1.807) is 6.07 Å². The van der Waals surface area contributed by atoms with Gasteiger partial charge in [-0.3, -0.25) is 4.72 Å². The molecule has 20 heavy (non-hydrogen) atoms. The van der Waals surface area contributed by atoms with E-state index in [2.05, 4.69) is 0 Å². The molecule has 0 spiro atoms. The first kappa shape index (κ1) is 14.5. The van der Waals surface area contributed by atoms with Crippen LogP contribution in [0, 0.1) is 11.6 Å². The van der Waals surface area contributed by atoms with E-state index in [0.717, 1.165) is 12.1 Å². The molecule has 2 aromatic rings. The van der Waals surface area contributed by atoms with Crippen molar-refractivity contribution in [2.75, 3.05) is 10.5 Å². The summed E-state index contributed by atoms with van der Waals surface area (Å²) in [6, 6.07) is 7.47. The minimum atomic E-state index is -4.10. The lowest BCUT2D eigenvalue weighted by Crippen LogP contribution is -2.15. The van der Waals surface area contributed by atoms with Crippen LogP contribution in [0.15, 0.2) is 41.3 Å². The molecule has 0 radical (unpaired) electrons. The summed E-state index contributed by atoms with van der Waals surface area (Å²) < 4.78 is 52.8. The van der Waals surface area contributed by atoms with Crippen LogP contribution in [0.2, 0.25) is 5.02 Å². The largest absolute Gasteiger partial charge is 0.394 e. The molecule has 2 rings (SSSR count). The fraction of sp³-hybridized carbons (Fsp3) is 0. The summed E-state index contributed by atoms with van der Waals surface area (Å²) in [5.41, 5.74) is 3.94. The fourth-order valence-corrected chi connectivity index (χ4v) is 3.09. The number of hydrogen-bond acceptors (Lipinski definition) is 3. The summed E-state index contributed by atoms with van der Waals surface area (Å²) >= 11 is 5.77. The third-order valence-corrected chi connectivity index (χ3v) is 4.36. The minimum absolute atomic E-state index is 0.0181. The summed E-state index contributed by atoms with van der Waals surface area (Å²) in [6.45, 7) is 0. The first-order chi connectivity index (χ1) is 9.33. The van der Waals surface area contributed by atoms with E-state index in [1.165, 1.54) is 18.2 Å². The highest BCUT2D eigenvalue weighted by molar-refractivity contribution is 7.92. The molecule has 106 valence electrons. The Hall–Kier alpha value is -1.86. The van der Waals surface area contributed by atoms with E-state index in [9.17, 15) is 17.2 Å². The zero-order valence-corrected chi connectivity index (χ0v) is 11.5. The van der Waals surface area contributed by atoms with Crippen LogP contribution in [0.5, 0.6) is 0 Å². The molecular formula is C12H9ClF2N2O2S. The predicted molar refractivity (Wildman–Crippen MR) is 73.0 cm³/mol. The Kier molecular flexibility index (Phi) is 3.82. The number of rotatable bonds is 3. The van der Waals surface area contributed by atoms with Crippen LogP contribution in [0.1, 0.15) is 0 Å². The SMILES string of the molecule is Nc1c(F)ccc(NS(=O)(=O)c2ccccc2Cl)c1F. The molecule has 0 saturated carbocycles. The molecule has 0 bridgehead atoms. The number of halogens is 3. The smallest absolute Gasteiger partial charge is 0.263 e. The van der Waals surface area contributed by atoms with Crippen molar-refractivity contribution in [1.82, 2.24) is 0 Å². The molecule has 0 aliphatic rings. The lowest BCUT2D eigenvalue weighted by molar-refractivity contribution is 0.589. The van der Waals surface area contributed by atoms with Crippen molar-refractivity contribution < 1.29 is 17.2 Å². The number of nitrogens with one attached hydrogen (secondary N) is 1. The number of nitrogens with two attached hydrogens (primary N) is 1. The van der Waals surface area contributed by atoms with Gasteiger partial charge in [0.05, 0.1) is 10.7 Å². The van der Waals surface area contributed by atoms with E-state index < -0.39 is 33.0 Å². The summed E-state index contributed by atoms with van der Waals surface area (Å²) in [4.78, 5) is -0.219. The van der Waals surface area contributed by atoms with Crippen LogP contribution in [0.4, 0.5) is 20.2 Å². The quantitative estimate of drug-likeness (QED) is 0.854. The summed E-state index contributed by atoms with van der Waals surface area (Å²) in [7, 11) is -4.10. The van der Waals surface area contributed by atoms with Gasteiger partial charge in [0.2, 0.25) is 0 Å². The Morgan fingerprint density at radius 2 is 1.75 bits per heavy atom. The van der Waals surface area contributed by atoms with Gasteiger partial charge in [0.15, 0.2) is 5.82 Å². The molecule has 3 N–H and O–H groups in total. The molecular weight excluding hydrogens is 310 g/mol. The molecule has 0 amide bonds. The van der Waals surface area contributed by atoms with Crippen molar-refractivity contribution in [2.45, 2.75) is 4.90 Å². The van der Waals surface area contributed by atoms with E-state index >= 15 is 0 Å². The molecule has 0 aliphatic heterocycles. The molecule has 0 atom stereocenters. The van der Waals surface area contributed by atoms with Crippen molar-refractivity contribution in [3.05, 3.63) is 53.1 Å². The van der Waals surface area contributed by atoms with Gasteiger partial charge in [0, 0.05) is 0 Å². The first-order valence-corrected chi connectivity index (χ1v) is 7.20. The number of anilines is 2. The average Bonchev–Trinajstić information content (AvgIpc) is 2.40.